The van der Waals surface area contributed by atoms with Crippen molar-refractivity contribution in [3.05, 3.63) is 103 Å². The molecule has 1 amide bonds. The number of nitro groups is 1. The molecule has 3 N–H and O–H groups in total. The van der Waals surface area contributed by atoms with E-state index in [-0.39, 0.29) is 25.5 Å². The first-order valence-corrected chi connectivity index (χ1v) is 15.6. The van der Waals surface area contributed by atoms with Crippen molar-refractivity contribution in [3.8, 4) is 17.2 Å². The topological polar surface area (TPSA) is 163 Å². The van der Waals surface area contributed by atoms with E-state index < -0.39 is 22.8 Å². The fourth-order valence-electron chi connectivity index (χ4n) is 4.55. The third-order valence-electron chi connectivity index (χ3n) is 6.62. The number of allylic oxidation sites excluding steroid dienone is 1. The maximum atomic E-state index is 12.8. The van der Waals surface area contributed by atoms with Crippen molar-refractivity contribution >= 4 is 57.0 Å². The summed E-state index contributed by atoms with van der Waals surface area (Å²) >= 11 is 8.82. The predicted octanol–water partition coefficient (Wildman–Crippen LogP) is 5.22. The van der Waals surface area contributed by atoms with E-state index in [1.807, 2.05) is 6.92 Å². The number of benzene rings is 3. The summed E-state index contributed by atoms with van der Waals surface area (Å²) in [6, 6.07) is 15.9. The second kappa shape index (κ2) is 16.5. The van der Waals surface area contributed by atoms with Crippen molar-refractivity contribution < 1.29 is 33.5 Å². The highest BCUT2D eigenvalue weighted by Crippen LogP contribution is 2.37. The first kappa shape index (κ1) is 34.8. The largest absolute Gasteiger partial charge is 0.490 e. The Kier molecular flexibility index (Phi) is 12.2. The number of ether oxygens (including phenoxy) is 4. The molecule has 47 heavy (non-hydrogen) atoms. The average molecular weight is 727 g/mol. The Bertz CT molecular complexity index is 1710. The highest BCUT2D eigenvalue weighted by molar-refractivity contribution is 9.10. The Morgan fingerprint density at radius 3 is 2.51 bits per heavy atom. The van der Waals surface area contributed by atoms with Gasteiger partial charge in [-0.1, -0.05) is 18.2 Å². The number of carbonyl (C=O) groups is 2. The summed E-state index contributed by atoms with van der Waals surface area (Å²) in [5, 5.41) is 21.3. The molecule has 15 heteroatoms. The third kappa shape index (κ3) is 9.26. The molecule has 3 aromatic rings. The Morgan fingerprint density at radius 2 is 1.81 bits per heavy atom. The van der Waals surface area contributed by atoms with Crippen molar-refractivity contribution in [1.82, 2.24) is 16.1 Å². The van der Waals surface area contributed by atoms with Gasteiger partial charge >= 0.3 is 5.97 Å². The summed E-state index contributed by atoms with van der Waals surface area (Å²) in [6.45, 7) is 5.66. The van der Waals surface area contributed by atoms with Crippen molar-refractivity contribution in [1.29, 1.82) is 0 Å². The molecule has 1 atom stereocenters. The van der Waals surface area contributed by atoms with Gasteiger partial charge in [-0.2, -0.15) is 5.10 Å². The molecule has 0 unspecified atom stereocenters. The van der Waals surface area contributed by atoms with Gasteiger partial charge in [-0.05, 0) is 90.4 Å². The standard InChI is InChI=1S/C32H32BrN5O8S/c1-4-43-26-15-21(14-24(33)30(26)46-17-20-10-12-22(13-11-20)38(41)42)16-34-37-27(39)18-45-25-9-7-6-8-23(25)29-28(31(40)44-5-2)19(3)35-32(47)36-29/h6-16,29H,4-5,17-18H2,1-3H3,(H,37,39)(H2,35,36,47)/t29-/m1/s1. The minimum atomic E-state index is -0.654. The summed E-state index contributed by atoms with van der Waals surface area (Å²) < 4.78 is 23.4. The van der Waals surface area contributed by atoms with Crippen LogP contribution in [0.5, 0.6) is 17.2 Å². The Morgan fingerprint density at radius 1 is 1.06 bits per heavy atom. The van der Waals surface area contributed by atoms with Crippen LogP contribution in [0.2, 0.25) is 0 Å². The quantitative estimate of drug-likeness (QED) is 0.0657. The summed E-state index contributed by atoms with van der Waals surface area (Å²) in [7, 11) is 0. The van der Waals surface area contributed by atoms with Crippen molar-refractivity contribution in [3.63, 3.8) is 0 Å². The first-order chi connectivity index (χ1) is 22.6. The SMILES string of the molecule is CCOC(=O)C1=C(C)NC(=S)N[C@@H]1c1ccccc1OCC(=O)NN=Cc1cc(Br)c(OCc2ccc([N+](=O)[O-])cc2)c(OCC)c1. The molecular formula is C32H32BrN5O8S. The zero-order valence-electron chi connectivity index (χ0n) is 25.7. The van der Waals surface area contributed by atoms with Gasteiger partial charge in [0.05, 0.1) is 40.4 Å². The maximum Gasteiger partial charge on any atom is 0.338 e. The Hall–Kier alpha value is -5.02. The minimum Gasteiger partial charge on any atom is -0.490 e. The lowest BCUT2D eigenvalue weighted by atomic mass is 9.95. The molecule has 0 aliphatic carbocycles. The molecule has 246 valence electrons. The lowest BCUT2D eigenvalue weighted by Crippen LogP contribution is -2.45. The van der Waals surface area contributed by atoms with Crippen molar-refractivity contribution in [2.75, 3.05) is 19.8 Å². The number of hydrogen-bond acceptors (Lipinski definition) is 10. The van der Waals surface area contributed by atoms with E-state index >= 15 is 0 Å². The number of para-hydroxylation sites is 1. The molecule has 13 nitrogen and oxygen atoms in total. The summed E-state index contributed by atoms with van der Waals surface area (Å²) in [5.41, 5.74) is 5.29. The number of halogens is 1. The molecule has 3 aromatic carbocycles. The van der Waals surface area contributed by atoms with Crippen LogP contribution >= 0.6 is 28.1 Å². The molecular weight excluding hydrogens is 694 g/mol. The Labute approximate surface area is 284 Å². The highest BCUT2D eigenvalue weighted by atomic mass is 79.9. The van der Waals surface area contributed by atoms with Gasteiger partial charge in [-0.15, -0.1) is 0 Å². The molecule has 1 aliphatic rings. The minimum absolute atomic E-state index is 0.00573. The lowest BCUT2D eigenvalue weighted by molar-refractivity contribution is -0.384. The monoisotopic (exact) mass is 725 g/mol. The van der Waals surface area contributed by atoms with Crippen LogP contribution in [0.3, 0.4) is 0 Å². The smallest absolute Gasteiger partial charge is 0.338 e. The van der Waals surface area contributed by atoms with Crippen LogP contribution in [0.1, 0.15) is 43.5 Å². The number of carbonyl (C=O) groups excluding carboxylic acids is 2. The second-order valence-electron chi connectivity index (χ2n) is 9.89. The number of thiocarbonyl (C=S) groups is 1. The fraction of sp³-hybridized carbons (Fsp3) is 0.250. The van der Waals surface area contributed by atoms with Gasteiger partial charge in [0.15, 0.2) is 23.2 Å². The maximum absolute atomic E-state index is 12.8. The molecule has 0 saturated heterocycles. The number of hydrogen-bond donors (Lipinski definition) is 3. The van der Waals surface area contributed by atoms with E-state index in [0.29, 0.717) is 55.8 Å². The van der Waals surface area contributed by atoms with Crippen LogP contribution in [0.25, 0.3) is 0 Å². The van der Waals surface area contributed by atoms with Crippen LogP contribution in [-0.4, -0.2) is 47.9 Å². The molecule has 0 bridgehead atoms. The highest BCUT2D eigenvalue weighted by Gasteiger charge is 2.32. The van der Waals surface area contributed by atoms with E-state index in [0.717, 1.165) is 5.56 Å². The number of rotatable bonds is 14. The molecule has 1 heterocycles. The second-order valence-corrected chi connectivity index (χ2v) is 11.1. The number of nitro benzene ring substituents is 1. The van der Waals surface area contributed by atoms with E-state index in [9.17, 15) is 19.7 Å². The van der Waals surface area contributed by atoms with Crippen molar-refractivity contribution in [2.24, 2.45) is 5.10 Å². The van der Waals surface area contributed by atoms with Gasteiger partial charge in [-0.3, -0.25) is 14.9 Å². The van der Waals surface area contributed by atoms with Gasteiger partial charge in [0, 0.05) is 23.4 Å². The van der Waals surface area contributed by atoms with Gasteiger partial charge < -0.3 is 29.6 Å². The summed E-state index contributed by atoms with van der Waals surface area (Å²) in [5.74, 6) is 0.238. The van der Waals surface area contributed by atoms with Crippen LogP contribution in [-0.2, 0) is 20.9 Å². The lowest BCUT2D eigenvalue weighted by Gasteiger charge is -2.30. The number of hydrazone groups is 1. The number of nitrogens with zero attached hydrogens (tertiary/aromatic N) is 2. The molecule has 0 spiro atoms. The fourth-order valence-corrected chi connectivity index (χ4v) is 5.39. The van der Waals surface area contributed by atoms with Gasteiger partial charge in [-0.25, -0.2) is 10.2 Å². The average Bonchev–Trinajstić information content (AvgIpc) is 3.03. The number of nitrogens with one attached hydrogen (secondary N) is 3. The predicted molar refractivity (Wildman–Crippen MR) is 181 cm³/mol. The molecule has 0 fully saturated rings. The van der Waals surface area contributed by atoms with Crippen LogP contribution in [0, 0.1) is 10.1 Å². The van der Waals surface area contributed by atoms with E-state index in [1.165, 1.54) is 18.3 Å². The zero-order valence-corrected chi connectivity index (χ0v) is 28.1. The van der Waals surface area contributed by atoms with Crippen LogP contribution < -0.4 is 30.3 Å². The van der Waals surface area contributed by atoms with E-state index in [4.69, 9.17) is 31.2 Å². The van der Waals surface area contributed by atoms with E-state index in [1.54, 1.807) is 62.4 Å². The van der Waals surface area contributed by atoms with E-state index in [2.05, 4.69) is 37.1 Å². The Balaban J connectivity index is 1.40. The summed E-state index contributed by atoms with van der Waals surface area (Å²) in [4.78, 5) is 35.9. The van der Waals surface area contributed by atoms with Gasteiger partial charge in [0.25, 0.3) is 11.6 Å². The van der Waals surface area contributed by atoms with Gasteiger partial charge in [0.1, 0.15) is 12.4 Å². The van der Waals surface area contributed by atoms with Crippen LogP contribution in [0.4, 0.5) is 5.69 Å². The molecule has 0 radical (unpaired) electrons. The summed E-state index contributed by atoms with van der Waals surface area (Å²) in [6.07, 6.45) is 1.44. The molecule has 4 rings (SSSR count). The third-order valence-corrected chi connectivity index (χ3v) is 7.43. The normalized spacial score (nSPS) is 14.2. The van der Waals surface area contributed by atoms with Crippen LogP contribution in [0.15, 0.2) is 81.5 Å². The number of esters is 1. The molecule has 0 saturated carbocycles. The molecule has 1 aliphatic heterocycles. The molecule has 0 aromatic heterocycles. The number of amides is 1. The van der Waals surface area contributed by atoms with Crippen molar-refractivity contribution in [2.45, 2.75) is 33.4 Å². The number of non-ortho nitro benzene ring substituents is 1. The van der Waals surface area contributed by atoms with Gasteiger partial charge in [0.2, 0.25) is 0 Å². The zero-order chi connectivity index (χ0) is 33.9. The first-order valence-electron chi connectivity index (χ1n) is 14.4.